The van der Waals surface area contributed by atoms with E-state index < -0.39 is 8.83 Å². The van der Waals surface area contributed by atoms with Crippen LogP contribution in [-0.2, 0) is 0 Å². The van der Waals surface area contributed by atoms with Crippen molar-refractivity contribution in [3.63, 3.8) is 0 Å². The molecular formula is C6H3Cl5Si. The van der Waals surface area contributed by atoms with Gasteiger partial charge in [0.25, 0.3) is 0 Å². The van der Waals surface area contributed by atoms with Gasteiger partial charge < -0.3 is 0 Å². The summed E-state index contributed by atoms with van der Waals surface area (Å²) in [5.74, 6) is 0. The molecule has 0 spiro atoms. The molecule has 12 heavy (non-hydrogen) atoms. The van der Waals surface area contributed by atoms with Crippen molar-refractivity contribution in [1.29, 1.82) is 0 Å². The molecule has 0 aliphatic rings. The molecule has 0 nitrogen and oxygen atoms in total. The normalized spacial score (nSPS) is 11.4. The molecule has 0 radical (unpaired) electrons. The van der Waals surface area contributed by atoms with E-state index >= 15 is 0 Å². The van der Waals surface area contributed by atoms with Crippen LogP contribution < -0.4 is 5.19 Å². The van der Waals surface area contributed by atoms with E-state index in [9.17, 15) is 0 Å². The molecular weight excluding hydrogens is 277 g/mol. The van der Waals surface area contributed by atoms with Crippen molar-refractivity contribution >= 4 is 71.5 Å². The van der Waals surface area contributed by atoms with Crippen LogP contribution in [0.4, 0.5) is 0 Å². The standard InChI is InChI=1S/C6H3Cl5Si/c7-2-1-3(12-11)5(9)6(10)4(2)8/h1H,12H2. The summed E-state index contributed by atoms with van der Waals surface area (Å²) in [6.45, 7) is 0. The highest BCUT2D eigenvalue weighted by Crippen LogP contribution is 2.33. The number of hydrogen-bond acceptors (Lipinski definition) is 0. The highest BCUT2D eigenvalue weighted by Gasteiger charge is 2.12. The molecule has 0 aromatic heterocycles. The minimum absolute atomic E-state index is 0.284. The summed E-state index contributed by atoms with van der Waals surface area (Å²) in [6.07, 6.45) is 0. The molecule has 0 heterocycles. The number of halogens is 5. The third-order valence-corrected chi connectivity index (χ3v) is 5.05. The van der Waals surface area contributed by atoms with Gasteiger partial charge in [-0.05, 0) is 11.3 Å². The monoisotopic (exact) mass is 278 g/mol. The lowest BCUT2D eigenvalue weighted by molar-refractivity contribution is 1.75. The van der Waals surface area contributed by atoms with Crippen molar-refractivity contribution in [2.24, 2.45) is 0 Å². The third kappa shape index (κ3) is 2.03. The summed E-state index contributed by atoms with van der Waals surface area (Å²) in [5, 5.41) is 2.21. The quantitative estimate of drug-likeness (QED) is 0.321. The highest BCUT2D eigenvalue weighted by molar-refractivity contribution is 7.02. The molecule has 0 atom stereocenters. The molecule has 1 aromatic rings. The molecule has 0 fully saturated rings. The van der Waals surface area contributed by atoms with E-state index in [0.717, 1.165) is 5.19 Å². The maximum Gasteiger partial charge on any atom is 0.157 e. The minimum Gasteiger partial charge on any atom is -0.170 e. The van der Waals surface area contributed by atoms with E-state index in [1.165, 1.54) is 0 Å². The molecule has 6 heteroatoms. The van der Waals surface area contributed by atoms with Crippen LogP contribution in [0.3, 0.4) is 0 Å². The van der Waals surface area contributed by atoms with Crippen molar-refractivity contribution in [3.05, 3.63) is 26.2 Å². The van der Waals surface area contributed by atoms with Crippen molar-refractivity contribution in [2.75, 3.05) is 0 Å². The lowest BCUT2D eigenvalue weighted by Gasteiger charge is -2.05. The molecule has 0 amide bonds. The molecule has 66 valence electrons. The Bertz CT molecular complexity index is 311. The SMILES string of the molecule is Cl[SiH2]c1cc(Cl)c(Cl)c(Cl)c1Cl. The van der Waals surface area contributed by atoms with Crippen LogP contribution in [-0.4, -0.2) is 8.83 Å². The Balaban J connectivity index is 3.39. The lowest BCUT2D eigenvalue weighted by Crippen LogP contribution is -2.10. The first kappa shape index (κ1) is 11.0. The maximum atomic E-state index is 5.85. The minimum atomic E-state index is -0.884. The second kappa shape index (κ2) is 4.40. The van der Waals surface area contributed by atoms with Gasteiger partial charge in [-0.15, -0.1) is 0 Å². The molecule has 0 aliphatic heterocycles. The van der Waals surface area contributed by atoms with E-state index in [2.05, 4.69) is 0 Å². The van der Waals surface area contributed by atoms with Gasteiger partial charge in [-0.1, -0.05) is 46.4 Å². The largest absolute Gasteiger partial charge is 0.170 e. The molecule has 0 saturated heterocycles. The summed E-state index contributed by atoms with van der Waals surface area (Å²) in [7, 11) is -0.884. The molecule has 0 N–H and O–H groups in total. The second-order valence-electron chi connectivity index (χ2n) is 2.09. The zero-order chi connectivity index (χ0) is 9.30. The van der Waals surface area contributed by atoms with E-state index in [0.29, 0.717) is 10.0 Å². The first-order valence-corrected chi connectivity index (χ1v) is 7.31. The van der Waals surface area contributed by atoms with Crippen LogP contribution in [0.25, 0.3) is 0 Å². The zero-order valence-electron chi connectivity index (χ0n) is 5.67. The van der Waals surface area contributed by atoms with Crippen LogP contribution in [0.1, 0.15) is 0 Å². The van der Waals surface area contributed by atoms with Crippen molar-refractivity contribution in [3.8, 4) is 0 Å². The molecule has 1 aromatic carbocycles. The first-order valence-electron chi connectivity index (χ1n) is 2.95. The van der Waals surface area contributed by atoms with Crippen LogP contribution in [0.5, 0.6) is 0 Å². The van der Waals surface area contributed by atoms with Gasteiger partial charge in [-0.2, -0.15) is 11.1 Å². The number of rotatable bonds is 1. The number of benzene rings is 1. The molecule has 0 aliphatic carbocycles. The van der Waals surface area contributed by atoms with Crippen LogP contribution >= 0.6 is 57.5 Å². The van der Waals surface area contributed by atoms with Gasteiger partial charge in [-0.25, -0.2) is 0 Å². The molecule has 1 rings (SSSR count). The fraction of sp³-hybridized carbons (Fsp3) is 0. The fourth-order valence-corrected chi connectivity index (χ4v) is 3.42. The van der Waals surface area contributed by atoms with E-state index in [1.54, 1.807) is 6.07 Å². The van der Waals surface area contributed by atoms with Crippen LogP contribution in [0.15, 0.2) is 6.07 Å². The fourth-order valence-electron chi connectivity index (χ4n) is 0.719. The lowest BCUT2D eigenvalue weighted by atomic mass is 10.3. The van der Waals surface area contributed by atoms with E-state index in [4.69, 9.17) is 57.5 Å². The Morgan fingerprint density at radius 2 is 1.50 bits per heavy atom. The second-order valence-corrected chi connectivity index (χ2v) is 5.47. The van der Waals surface area contributed by atoms with Gasteiger partial charge in [0.05, 0.1) is 20.1 Å². The predicted molar refractivity (Wildman–Crippen MR) is 60.5 cm³/mol. The molecule has 0 bridgehead atoms. The first-order chi connectivity index (χ1) is 5.57. The van der Waals surface area contributed by atoms with E-state index in [1.807, 2.05) is 0 Å². The number of hydrogen-bond donors (Lipinski definition) is 0. The zero-order valence-corrected chi connectivity index (χ0v) is 10.9. The summed E-state index contributed by atoms with van der Waals surface area (Å²) in [5.41, 5.74) is 0. The third-order valence-electron chi connectivity index (χ3n) is 1.32. The summed E-state index contributed by atoms with van der Waals surface area (Å²) in [4.78, 5) is 0. The maximum absolute atomic E-state index is 5.85. The molecule has 0 saturated carbocycles. The van der Waals surface area contributed by atoms with Gasteiger partial charge in [-0.3, -0.25) is 0 Å². The van der Waals surface area contributed by atoms with Gasteiger partial charge in [0, 0.05) is 0 Å². The average molecular weight is 280 g/mol. The summed E-state index contributed by atoms with van der Waals surface area (Å²) < 4.78 is 0. The Morgan fingerprint density at radius 3 is 2.00 bits per heavy atom. The van der Waals surface area contributed by atoms with Crippen molar-refractivity contribution in [2.45, 2.75) is 0 Å². The van der Waals surface area contributed by atoms with Crippen LogP contribution in [0.2, 0.25) is 20.1 Å². The van der Waals surface area contributed by atoms with Crippen molar-refractivity contribution < 1.29 is 0 Å². The van der Waals surface area contributed by atoms with Gasteiger partial charge in [0.15, 0.2) is 8.83 Å². The van der Waals surface area contributed by atoms with Gasteiger partial charge in [0.1, 0.15) is 0 Å². The van der Waals surface area contributed by atoms with Gasteiger partial charge in [0.2, 0.25) is 0 Å². The molecule has 0 unspecified atom stereocenters. The average Bonchev–Trinajstić information content (AvgIpc) is 2.08. The Labute approximate surface area is 97.2 Å². The topological polar surface area (TPSA) is 0 Å². The summed E-state index contributed by atoms with van der Waals surface area (Å²) >= 11 is 28.8. The predicted octanol–water partition coefficient (Wildman–Crippen LogP) is 3.25. The van der Waals surface area contributed by atoms with Crippen molar-refractivity contribution in [1.82, 2.24) is 0 Å². The van der Waals surface area contributed by atoms with Gasteiger partial charge >= 0.3 is 0 Å². The summed E-state index contributed by atoms with van der Waals surface area (Å²) in [6, 6.07) is 1.66. The van der Waals surface area contributed by atoms with E-state index in [-0.39, 0.29) is 10.0 Å². The van der Waals surface area contributed by atoms with Crippen LogP contribution in [0, 0.1) is 0 Å². The smallest absolute Gasteiger partial charge is 0.157 e. The Morgan fingerprint density at radius 1 is 0.917 bits per heavy atom. The Hall–Kier alpha value is 0.887. The Kier molecular flexibility index (Phi) is 4.02. The highest BCUT2D eigenvalue weighted by atomic mass is 35.6.